The van der Waals surface area contributed by atoms with Crippen LogP contribution in [0.2, 0.25) is 0 Å². The molecule has 0 radical (unpaired) electrons. The molecule has 3 nitrogen and oxygen atoms in total. The summed E-state index contributed by atoms with van der Waals surface area (Å²) in [5.41, 5.74) is 4.40. The number of rotatable bonds is 1. The summed E-state index contributed by atoms with van der Waals surface area (Å²) in [4.78, 5) is 0. The minimum absolute atomic E-state index is 0.787. The second kappa shape index (κ2) is 4.22. The first-order chi connectivity index (χ1) is 11.4. The van der Waals surface area contributed by atoms with Crippen molar-refractivity contribution in [1.82, 2.24) is 4.57 Å². The quantitative estimate of drug-likeness (QED) is 0.487. The van der Waals surface area contributed by atoms with Gasteiger partial charge in [0, 0.05) is 10.8 Å². The molecule has 104 valence electrons. The van der Waals surface area contributed by atoms with Gasteiger partial charge in [-0.1, -0.05) is 30.3 Å². The predicted octanol–water partition coefficient (Wildman–Crippen LogP) is 3.72. The van der Waals surface area contributed by atoms with Gasteiger partial charge < -0.3 is 4.42 Å². The first kappa shape index (κ1) is 9.40. The molecule has 21 heavy (non-hydrogen) atoms. The molecule has 2 aromatic heterocycles. The average molecular weight is 280 g/mol. The first-order valence-corrected chi connectivity index (χ1v) is 6.85. The van der Waals surface area contributed by atoms with Crippen LogP contribution >= 0.6 is 0 Å². The predicted molar refractivity (Wildman–Crippen MR) is 84.0 cm³/mol. The highest BCUT2D eigenvalue weighted by Gasteiger charge is 2.20. The zero-order valence-corrected chi connectivity index (χ0v) is 11.9. The fourth-order valence-electron chi connectivity index (χ4n) is 2.95. The fraction of sp³-hybridized carbons (Fsp3) is 0.167. The molecule has 0 bridgehead atoms. The van der Waals surface area contributed by atoms with Crippen LogP contribution in [0, 0.1) is 6.92 Å². The van der Waals surface area contributed by atoms with E-state index in [0.717, 1.165) is 38.8 Å². The van der Waals surface area contributed by atoms with E-state index in [2.05, 4.69) is 6.07 Å². The van der Waals surface area contributed by atoms with E-state index in [-0.39, 0.29) is 0 Å². The van der Waals surface area contributed by atoms with Crippen LogP contribution in [0.15, 0.2) is 53.3 Å². The molecule has 4 aromatic rings. The Labute approximate surface area is 127 Å². The molecule has 0 fully saturated rings. The topological polar surface area (TPSA) is 21.9 Å². The lowest BCUT2D eigenvalue weighted by Crippen LogP contribution is -2.23. The van der Waals surface area contributed by atoms with Gasteiger partial charge in [0.1, 0.15) is 17.4 Å². The van der Waals surface area contributed by atoms with Gasteiger partial charge in [-0.25, -0.2) is 9.13 Å². The van der Waals surface area contributed by atoms with Crippen LogP contribution < -0.4 is 4.57 Å². The molecule has 0 saturated heterocycles. The highest BCUT2D eigenvalue weighted by molar-refractivity contribution is 6.09. The molecule has 0 aliphatic rings. The molecule has 0 spiro atoms. The van der Waals surface area contributed by atoms with E-state index in [4.69, 9.17) is 8.53 Å². The summed E-state index contributed by atoms with van der Waals surface area (Å²) >= 11 is 0. The maximum absolute atomic E-state index is 7.61. The first-order valence-electron chi connectivity index (χ1n) is 8.35. The van der Waals surface area contributed by atoms with Crippen molar-refractivity contribution in [3.05, 3.63) is 54.5 Å². The van der Waals surface area contributed by atoms with Crippen molar-refractivity contribution in [2.45, 2.75) is 6.92 Å². The second-order valence-electron chi connectivity index (χ2n) is 5.38. The number of fused-ring (bicyclic) bond motifs is 3. The summed E-state index contributed by atoms with van der Waals surface area (Å²) in [6, 6.07) is 12.0. The lowest BCUT2D eigenvalue weighted by atomic mass is 10.0. The Hall–Kier alpha value is -2.55. The Morgan fingerprint density at radius 3 is 2.81 bits per heavy atom. The Bertz CT molecular complexity index is 1070. The SMILES string of the molecule is [2H]C([2H])([2H])[n+]1cc(-c2c(C)ccc3c2oc2ccccc23)n(C)c1. The van der Waals surface area contributed by atoms with E-state index in [0.29, 0.717) is 0 Å². The zero-order valence-electron chi connectivity index (χ0n) is 14.9. The summed E-state index contributed by atoms with van der Waals surface area (Å²) < 4.78 is 32.0. The molecule has 3 heteroatoms. The third-order valence-electron chi connectivity index (χ3n) is 3.95. The van der Waals surface area contributed by atoms with Crippen LogP contribution in [0.5, 0.6) is 0 Å². The molecule has 0 atom stereocenters. The number of para-hydroxylation sites is 1. The molecule has 0 unspecified atom stereocenters. The lowest BCUT2D eigenvalue weighted by Gasteiger charge is -2.03. The van der Waals surface area contributed by atoms with E-state index < -0.39 is 6.98 Å². The Kier molecular flexibility index (Phi) is 1.89. The summed E-state index contributed by atoms with van der Waals surface area (Å²) in [6.07, 6.45) is 3.24. The van der Waals surface area contributed by atoms with E-state index in [9.17, 15) is 0 Å². The van der Waals surface area contributed by atoms with Crippen molar-refractivity contribution in [3.63, 3.8) is 0 Å². The summed E-state index contributed by atoms with van der Waals surface area (Å²) in [5, 5.41) is 2.10. The van der Waals surface area contributed by atoms with Crippen LogP contribution in [0.1, 0.15) is 9.68 Å². The minimum Gasteiger partial charge on any atom is -0.455 e. The van der Waals surface area contributed by atoms with Gasteiger partial charge in [-0.2, -0.15) is 0 Å². The smallest absolute Gasteiger partial charge is 0.243 e. The van der Waals surface area contributed by atoms with Crippen molar-refractivity contribution in [1.29, 1.82) is 0 Å². The number of aromatic nitrogens is 2. The van der Waals surface area contributed by atoms with Gasteiger partial charge in [0.05, 0.1) is 23.7 Å². The van der Waals surface area contributed by atoms with E-state index in [1.807, 2.05) is 48.9 Å². The molecular formula is C18H17N2O+. The standard InChI is InChI=1S/C18H17N2O/c1-12-8-9-14-13-6-4-5-7-16(13)21-18(14)17(12)15-10-19(2)11-20(15)3/h4-11H,1-3H3/q+1/i2D3. The van der Waals surface area contributed by atoms with Gasteiger partial charge in [0.25, 0.3) is 0 Å². The molecule has 4 rings (SSSR count). The number of aryl methyl sites for hydroxylation is 3. The van der Waals surface area contributed by atoms with Crippen molar-refractivity contribution < 1.29 is 13.1 Å². The van der Waals surface area contributed by atoms with Gasteiger partial charge in [0.2, 0.25) is 6.33 Å². The summed E-state index contributed by atoms with van der Waals surface area (Å²) in [6.45, 7) is -0.194. The number of hydrogen-bond acceptors (Lipinski definition) is 1. The number of hydrogen-bond donors (Lipinski definition) is 0. The van der Waals surface area contributed by atoms with Gasteiger partial charge in [-0.05, 0) is 18.6 Å². The van der Waals surface area contributed by atoms with Crippen molar-refractivity contribution in [3.8, 4) is 11.3 Å². The van der Waals surface area contributed by atoms with Crippen molar-refractivity contribution in [2.24, 2.45) is 14.0 Å². The molecule has 2 heterocycles. The van der Waals surface area contributed by atoms with Gasteiger partial charge in [-0.15, -0.1) is 0 Å². The number of furan rings is 1. The number of nitrogens with zero attached hydrogens (tertiary/aromatic N) is 2. The maximum atomic E-state index is 7.61. The van der Waals surface area contributed by atoms with E-state index >= 15 is 0 Å². The molecule has 0 N–H and O–H groups in total. The largest absolute Gasteiger partial charge is 0.455 e. The molecular weight excluding hydrogens is 260 g/mol. The van der Waals surface area contributed by atoms with Gasteiger partial charge in [-0.3, -0.25) is 0 Å². The number of benzene rings is 2. The van der Waals surface area contributed by atoms with Gasteiger partial charge in [0.15, 0.2) is 5.69 Å². The van der Waals surface area contributed by atoms with Crippen LogP contribution in [-0.2, 0) is 14.0 Å². The molecule has 0 amide bonds. The molecule has 0 aliphatic heterocycles. The third-order valence-corrected chi connectivity index (χ3v) is 3.95. The minimum atomic E-state index is -2.20. The van der Waals surface area contributed by atoms with Crippen LogP contribution in [0.3, 0.4) is 0 Å². The Morgan fingerprint density at radius 1 is 1.14 bits per heavy atom. The fourth-order valence-corrected chi connectivity index (χ4v) is 2.95. The molecule has 0 aliphatic carbocycles. The second-order valence-corrected chi connectivity index (χ2v) is 5.38. The van der Waals surface area contributed by atoms with Crippen molar-refractivity contribution >= 4 is 21.9 Å². The summed E-state index contributed by atoms with van der Waals surface area (Å²) in [5.74, 6) is 0. The normalized spacial score (nSPS) is 14.3. The van der Waals surface area contributed by atoms with E-state index in [1.165, 1.54) is 4.57 Å². The van der Waals surface area contributed by atoms with Crippen LogP contribution in [0.25, 0.3) is 33.2 Å². The Balaban J connectivity index is 2.07. The highest BCUT2D eigenvalue weighted by atomic mass is 16.3. The molecule has 2 aromatic carbocycles. The van der Waals surface area contributed by atoms with Crippen LogP contribution in [0.4, 0.5) is 0 Å². The van der Waals surface area contributed by atoms with Gasteiger partial charge >= 0.3 is 0 Å². The van der Waals surface area contributed by atoms with Crippen LogP contribution in [-0.4, -0.2) is 4.57 Å². The molecule has 0 saturated carbocycles. The summed E-state index contributed by atoms with van der Waals surface area (Å²) in [7, 11) is 1.85. The number of imidazole rings is 1. The van der Waals surface area contributed by atoms with Crippen molar-refractivity contribution in [2.75, 3.05) is 0 Å². The zero-order chi connectivity index (χ0) is 17.1. The van der Waals surface area contributed by atoms with E-state index in [1.54, 1.807) is 12.5 Å². The maximum Gasteiger partial charge on any atom is 0.243 e. The third kappa shape index (κ3) is 1.70. The average Bonchev–Trinajstić information content (AvgIpc) is 3.07. The lowest BCUT2D eigenvalue weighted by molar-refractivity contribution is -0.670. The monoisotopic (exact) mass is 280 g/mol. The Morgan fingerprint density at radius 2 is 2.00 bits per heavy atom. The highest BCUT2D eigenvalue weighted by Crippen LogP contribution is 2.37.